The highest BCUT2D eigenvalue weighted by Gasteiger charge is 2.56. The van der Waals surface area contributed by atoms with Crippen molar-refractivity contribution < 1.29 is 12.7 Å². The number of anilines is 1. The van der Waals surface area contributed by atoms with Crippen molar-refractivity contribution in [3.63, 3.8) is 0 Å². The lowest BCUT2D eigenvalue weighted by Gasteiger charge is -2.33. The molecule has 0 amide bonds. The summed E-state index contributed by atoms with van der Waals surface area (Å²) in [4.78, 5) is 11.6. The Balaban J connectivity index is 1.92. The van der Waals surface area contributed by atoms with Crippen LogP contribution < -0.4 is 9.55 Å². The van der Waals surface area contributed by atoms with Crippen molar-refractivity contribution in [3.05, 3.63) is 79.4 Å². The van der Waals surface area contributed by atoms with Crippen LogP contribution in [0, 0.1) is 6.92 Å². The van der Waals surface area contributed by atoms with Crippen LogP contribution in [0.1, 0.15) is 12.5 Å². The summed E-state index contributed by atoms with van der Waals surface area (Å²) < 4.78 is 32.2. The van der Waals surface area contributed by atoms with E-state index in [-0.39, 0.29) is 16.1 Å². The van der Waals surface area contributed by atoms with Gasteiger partial charge in [0, 0.05) is 13.5 Å². The lowest BCUT2D eigenvalue weighted by atomic mass is 10.2. The van der Waals surface area contributed by atoms with E-state index in [0.717, 1.165) is 11.1 Å². The maximum absolute atomic E-state index is 13.3. The average Bonchev–Trinajstić information content (AvgIpc) is 2.95. The zero-order chi connectivity index (χ0) is 22.2. The molecule has 2 atom stereocenters. The minimum Gasteiger partial charge on any atom is -0.294 e. The summed E-state index contributed by atoms with van der Waals surface area (Å²) in [6.07, 6.45) is 2.96. The molecule has 0 bridgehead atoms. The van der Waals surface area contributed by atoms with Gasteiger partial charge < -0.3 is 0 Å². The Bertz CT molecular complexity index is 1260. The van der Waals surface area contributed by atoms with Gasteiger partial charge in [-0.2, -0.15) is 13.4 Å². The molecule has 2 heterocycles. The summed E-state index contributed by atoms with van der Waals surface area (Å²) in [6, 6.07) is 14.1. The molecule has 0 fully saturated rings. The number of hydrogen-bond acceptors (Lipinski definition) is 6. The predicted octanol–water partition coefficient (Wildman–Crippen LogP) is 4.10. The second kappa shape index (κ2) is 7.88. The van der Waals surface area contributed by atoms with Gasteiger partial charge in [-0.15, -0.1) is 6.58 Å². The molecular weight excluding hydrogens is 412 g/mol. The first-order valence-electron chi connectivity index (χ1n) is 9.99. The van der Waals surface area contributed by atoms with Gasteiger partial charge in [0.05, 0.1) is 15.9 Å². The standard InChI is InChI=1S/C23H25N4O3S/c1-5-15-26-18(4)27(16-6-2,30-31(28,29)19-13-11-17(3)12-14-19)23-22(26)24-20-9-7-8-10-21(20)25-23/h5-14,18H,1-2,15-16H2,3-4H3/q+1. The van der Waals surface area contributed by atoms with Crippen molar-refractivity contribution in [1.82, 2.24) is 14.6 Å². The minimum absolute atomic E-state index is 0.0873. The summed E-state index contributed by atoms with van der Waals surface area (Å²) in [6.45, 7) is 12.1. The zero-order valence-corrected chi connectivity index (χ0v) is 18.4. The second-order valence-corrected chi connectivity index (χ2v) is 9.07. The first kappa shape index (κ1) is 21.2. The van der Waals surface area contributed by atoms with Crippen LogP contribution in [-0.4, -0.2) is 37.6 Å². The van der Waals surface area contributed by atoms with Gasteiger partial charge in [-0.3, -0.25) is 4.90 Å². The van der Waals surface area contributed by atoms with E-state index in [0.29, 0.717) is 23.7 Å². The van der Waals surface area contributed by atoms with Gasteiger partial charge in [0.1, 0.15) is 6.54 Å². The molecule has 8 heteroatoms. The number of benzene rings is 2. The normalized spacial score (nSPS) is 20.6. The number of aryl methyl sites for hydroxylation is 1. The van der Waals surface area contributed by atoms with Gasteiger partial charge in [-0.1, -0.05) is 51.4 Å². The lowest BCUT2D eigenvalue weighted by Crippen LogP contribution is -2.59. The summed E-state index contributed by atoms with van der Waals surface area (Å²) in [5, 5.41) is 0. The summed E-state index contributed by atoms with van der Waals surface area (Å²) in [5.41, 5.74) is 2.35. The number of hydrogen-bond donors (Lipinski definition) is 0. The molecular formula is C23H25N4O3S+. The molecule has 0 radical (unpaired) electrons. The number of fused-ring (bicyclic) bond motifs is 2. The molecule has 4 rings (SSSR count). The van der Waals surface area contributed by atoms with Gasteiger partial charge in [-0.25, -0.2) is 4.98 Å². The van der Waals surface area contributed by atoms with Crippen LogP contribution in [0.25, 0.3) is 11.0 Å². The van der Waals surface area contributed by atoms with Crippen molar-refractivity contribution in [3.8, 4) is 0 Å². The predicted molar refractivity (Wildman–Crippen MR) is 123 cm³/mol. The third-order valence-electron chi connectivity index (χ3n) is 5.49. The van der Waals surface area contributed by atoms with Crippen molar-refractivity contribution in [1.29, 1.82) is 0 Å². The van der Waals surface area contributed by atoms with Gasteiger partial charge in [0.15, 0.2) is 0 Å². The molecule has 160 valence electrons. The molecule has 3 aromatic rings. The molecule has 7 nitrogen and oxygen atoms in total. The first-order valence-corrected chi connectivity index (χ1v) is 11.4. The third kappa shape index (κ3) is 3.52. The maximum Gasteiger partial charge on any atom is 0.343 e. The molecule has 0 saturated heterocycles. The molecule has 0 aliphatic carbocycles. The zero-order valence-electron chi connectivity index (χ0n) is 17.6. The van der Waals surface area contributed by atoms with E-state index in [4.69, 9.17) is 14.3 Å². The molecule has 1 aliphatic heterocycles. The smallest absolute Gasteiger partial charge is 0.294 e. The van der Waals surface area contributed by atoms with E-state index in [1.165, 1.54) is 0 Å². The van der Waals surface area contributed by atoms with Crippen LogP contribution in [0.2, 0.25) is 0 Å². The van der Waals surface area contributed by atoms with Crippen molar-refractivity contribution in [2.45, 2.75) is 24.9 Å². The number of para-hydroxylation sites is 2. The molecule has 2 unspecified atom stereocenters. The lowest BCUT2D eigenvalue weighted by molar-refractivity contribution is -0.0565. The van der Waals surface area contributed by atoms with Crippen molar-refractivity contribution >= 4 is 32.8 Å². The Morgan fingerprint density at radius 1 is 1.06 bits per heavy atom. The van der Waals surface area contributed by atoms with Gasteiger partial charge in [0.2, 0.25) is 12.0 Å². The highest BCUT2D eigenvalue weighted by atomic mass is 32.2. The SMILES string of the molecule is C=CCN1c2nc3ccccc3nc2[N+](CC=C)(OS(=O)(=O)c2ccc(C)cc2)C1C. The van der Waals surface area contributed by atoms with E-state index in [1.807, 2.05) is 43.0 Å². The van der Waals surface area contributed by atoms with E-state index < -0.39 is 16.3 Å². The Kier molecular flexibility index (Phi) is 5.38. The fourth-order valence-electron chi connectivity index (χ4n) is 3.87. The van der Waals surface area contributed by atoms with Gasteiger partial charge >= 0.3 is 15.9 Å². The number of rotatable bonds is 7. The van der Waals surface area contributed by atoms with E-state index in [1.54, 1.807) is 36.4 Å². The molecule has 1 aliphatic rings. The fraction of sp³-hybridized carbons (Fsp3) is 0.217. The number of quaternary nitrogens is 1. The van der Waals surface area contributed by atoms with Crippen LogP contribution in [0.15, 0.2) is 78.7 Å². The largest absolute Gasteiger partial charge is 0.343 e. The number of hydroxylamine groups is 2. The molecule has 1 aromatic heterocycles. The minimum atomic E-state index is -4.10. The number of nitrogens with zero attached hydrogens (tertiary/aromatic N) is 4. The van der Waals surface area contributed by atoms with Gasteiger partial charge in [0.25, 0.3) is 0 Å². The van der Waals surface area contributed by atoms with Gasteiger partial charge in [-0.05, 0) is 37.3 Å². The molecule has 0 saturated carbocycles. The summed E-state index contributed by atoms with van der Waals surface area (Å²) in [7, 11) is -4.10. The van der Waals surface area contributed by atoms with Crippen LogP contribution in [0.5, 0.6) is 0 Å². The molecule has 0 spiro atoms. The maximum atomic E-state index is 13.3. The third-order valence-corrected chi connectivity index (χ3v) is 6.80. The topological polar surface area (TPSA) is 72.4 Å². The Morgan fingerprint density at radius 3 is 2.32 bits per heavy atom. The van der Waals surface area contributed by atoms with Crippen molar-refractivity contribution in [2.75, 3.05) is 18.0 Å². The highest BCUT2D eigenvalue weighted by molar-refractivity contribution is 7.86. The molecule has 31 heavy (non-hydrogen) atoms. The Morgan fingerprint density at radius 2 is 1.71 bits per heavy atom. The first-order chi connectivity index (χ1) is 14.8. The molecule has 2 aromatic carbocycles. The quantitative estimate of drug-likeness (QED) is 0.409. The summed E-state index contributed by atoms with van der Waals surface area (Å²) in [5.74, 6) is 1.01. The van der Waals surface area contributed by atoms with E-state index in [9.17, 15) is 8.42 Å². The number of aromatic nitrogens is 2. The van der Waals surface area contributed by atoms with Crippen LogP contribution >= 0.6 is 0 Å². The van der Waals surface area contributed by atoms with Crippen LogP contribution in [0.4, 0.5) is 11.6 Å². The summed E-state index contributed by atoms with van der Waals surface area (Å²) >= 11 is 0. The van der Waals surface area contributed by atoms with E-state index >= 15 is 0 Å². The highest BCUT2D eigenvalue weighted by Crippen LogP contribution is 2.45. The average molecular weight is 438 g/mol. The van der Waals surface area contributed by atoms with Crippen LogP contribution in [-0.2, 0) is 14.4 Å². The fourth-order valence-corrected chi connectivity index (χ4v) is 5.03. The Hall–Kier alpha value is -3.07. The monoisotopic (exact) mass is 437 g/mol. The second-order valence-electron chi connectivity index (χ2n) is 7.54. The molecule has 0 N–H and O–H groups in total. The Labute approximate surface area is 182 Å². The van der Waals surface area contributed by atoms with E-state index in [2.05, 4.69) is 13.2 Å². The van der Waals surface area contributed by atoms with Crippen LogP contribution in [0.3, 0.4) is 0 Å². The van der Waals surface area contributed by atoms with Crippen molar-refractivity contribution in [2.24, 2.45) is 0 Å².